The highest BCUT2D eigenvalue weighted by Gasteiger charge is 2.48. The molecule has 2 aromatic rings. The fraction of sp³-hybridized carbons (Fsp3) is 0.364. The molecule has 2 aromatic carbocycles. The highest BCUT2D eigenvalue weighted by molar-refractivity contribution is 5.78. The molecule has 0 spiro atoms. The van der Waals surface area contributed by atoms with Crippen LogP contribution in [0.25, 0.3) is 0 Å². The van der Waals surface area contributed by atoms with Crippen LogP contribution in [0.4, 0.5) is 0 Å². The number of carbonyl (C=O) groups is 2. The summed E-state index contributed by atoms with van der Waals surface area (Å²) in [6, 6.07) is 15.9. The van der Waals surface area contributed by atoms with Crippen molar-refractivity contribution >= 4 is 12.2 Å². The van der Waals surface area contributed by atoms with Crippen LogP contribution in [0.15, 0.2) is 60.7 Å². The topological polar surface area (TPSA) is 127 Å². The summed E-state index contributed by atoms with van der Waals surface area (Å²) in [6.45, 7) is 1.17. The number of aliphatic hydroxyl groups is 4. The third-order valence-corrected chi connectivity index (χ3v) is 4.88. The average molecular weight is 401 g/mol. The lowest BCUT2D eigenvalue weighted by Gasteiger charge is -2.40. The molecule has 29 heavy (non-hydrogen) atoms. The van der Waals surface area contributed by atoms with E-state index in [0.29, 0.717) is 11.8 Å². The number of rotatable bonds is 10. The molecule has 0 heterocycles. The first-order chi connectivity index (χ1) is 13.8. The second kappa shape index (κ2) is 10.3. The quantitative estimate of drug-likeness (QED) is 0.357. The molecule has 7 nitrogen and oxygen atoms in total. The van der Waals surface area contributed by atoms with Crippen molar-refractivity contribution in [2.75, 3.05) is 0 Å². The molecule has 1 amide bonds. The summed E-state index contributed by atoms with van der Waals surface area (Å²) >= 11 is 0. The molecule has 0 fully saturated rings. The Bertz CT molecular complexity index is 784. The minimum atomic E-state index is -2.24. The smallest absolute Gasteiger partial charge is 0.217 e. The lowest BCUT2D eigenvalue weighted by molar-refractivity contribution is -0.168. The van der Waals surface area contributed by atoms with Crippen LogP contribution in [0, 0.1) is 0 Å². The van der Waals surface area contributed by atoms with Gasteiger partial charge in [0.1, 0.15) is 30.1 Å². The predicted molar refractivity (Wildman–Crippen MR) is 107 cm³/mol. The molecular formula is C22H27NO6. The Morgan fingerprint density at radius 1 is 1.00 bits per heavy atom. The number of hydrogen-bond acceptors (Lipinski definition) is 6. The van der Waals surface area contributed by atoms with Crippen molar-refractivity contribution in [2.45, 2.75) is 49.7 Å². The number of hydrogen-bond donors (Lipinski definition) is 5. The van der Waals surface area contributed by atoms with Crippen LogP contribution in [0.1, 0.15) is 18.1 Å². The Hall–Kier alpha value is -2.58. The maximum atomic E-state index is 11.6. The largest absolute Gasteiger partial charge is 0.390 e. The number of aliphatic hydroxyl groups excluding tert-OH is 3. The molecule has 0 saturated carbocycles. The van der Waals surface area contributed by atoms with Crippen LogP contribution in [0.5, 0.6) is 0 Å². The standard InChI is InChI=1S/C22H27NO6/c1-15(25)23-19(14-24)22(29,13-17-10-6-3-7-11-17)21(28)20(27)18(26)12-16-8-4-2-5-9-16/h2-11,14,18-21,26-29H,12-13H2,1H3,(H,23,25)/t18?,19-,20+,21+,22+/m0/s1. The van der Waals surface area contributed by atoms with Crippen molar-refractivity contribution < 1.29 is 30.0 Å². The molecule has 1 unspecified atom stereocenters. The van der Waals surface area contributed by atoms with E-state index in [0.717, 1.165) is 5.56 Å². The monoisotopic (exact) mass is 401 g/mol. The zero-order valence-corrected chi connectivity index (χ0v) is 16.2. The maximum Gasteiger partial charge on any atom is 0.217 e. The van der Waals surface area contributed by atoms with Crippen LogP contribution < -0.4 is 5.32 Å². The highest BCUT2D eigenvalue weighted by Crippen LogP contribution is 2.26. The van der Waals surface area contributed by atoms with Crippen molar-refractivity contribution in [1.82, 2.24) is 5.32 Å². The summed E-state index contributed by atoms with van der Waals surface area (Å²) in [5.41, 5.74) is -0.936. The van der Waals surface area contributed by atoms with E-state index in [1.165, 1.54) is 6.92 Å². The van der Waals surface area contributed by atoms with Gasteiger partial charge in [0.25, 0.3) is 0 Å². The second-order valence-corrected chi connectivity index (χ2v) is 7.16. The summed E-state index contributed by atoms with van der Waals surface area (Å²) < 4.78 is 0. The van der Waals surface area contributed by atoms with Crippen molar-refractivity contribution in [3.05, 3.63) is 71.8 Å². The third-order valence-electron chi connectivity index (χ3n) is 4.88. The predicted octanol–water partition coefficient (Wildman–Crippen LogP) is -0.0108. The lowest BCUT2D eigenvalue weighted by Crippen LogP contribution is -2.65. The van der Waals surface area contributed by atoms with E-state index >= 15 is 0 Å². The fourth-order valence-electron chi connectivity index (χ4n) is 3.30. The number of amides is 1. The third kappa shape index (κ3) is 5.95. The summed E-state index contributed by atoms with van der Waals surface area (Å²) in [7, 11) is 0. The molecule has 0 aromatic heterocycles. The van der Waals surface area contributed by atoms with Crippen LogP contribution in [0.2, 0.25) is 0 Å². The van der Waals surface area contributed by atoms with Crippen LogP contribution in [0.3, 0.4) is 0 Å². The molecule has 0 saturated heterocycles. The van der Waals surface area contributed by atoms with Gasteiger partial charge in [0, 0.05) is 19.8 Å². The molecule has 2 rings (SSSR count). The molecule has 0 aliphatic rings. The lowest BCUT2D eigenvalue weighted by atomic mass is 9.79. The van der Waals surface area contributed by atoms with E-state index in [9.17, 15) is 30.0 Å². The van der Waals surface area contributed by atoms with Gasteiger partial charge < -0.3 is 30.5 Å². The van der Waals surface area contributed by atoms with Gasteiger partial charge in [0.05, 0.1) is 6.10 Å². The zero-order valence-electron chi connectivity index (χ0n) is 16.2. The molecule has 7 heteroatoms. The molecule has 5 N–H and O–H groups in total. The Morgan fingerprint density at radius 3 is 2.00 bits per heavy atom. The van der Waals surface area contributed by atoms with Gasteiger partial charge >= 0.3 is 0 Å². The number of aldehydes is 1. The zero-order chi connectivity index (χ0) is 21.4. The SMILES string of the molecule is CC(=O)N[C@@H](C=O)[C@](O)(Cc1ccccc1)[C@H](O)[C@H](O)C(O)Cc1ccccc1. The van der Waals surface area contributed by atoms with Gasteiger partial charge in [-0.2, -0.15) is 0 Å². The van der Waals surface area contributed by atoms with E-state index in [1.54, 1.807) is 54.6 Å². The summed E-state index contributed by atoms with van der Waals surface area (Å²) in [5.74, 6) is -0.583. The maximum absolute atomic E-state index is 11.6. The van der Waals surface area contributed by atoms with E-state index in [-0.39, 0.29) is 12.8 Å². The number of benzene rings is 2. The van der Waals surface area contributed by atoms with Gasteiger partial charge in [-0.3, -0.25) is 4.79 Å². The van der Waals surface area contributed by atoms with Crippen molar-refractivity contribution in [3.8, 4) is 0 Å². The van der Waals surface area contributed by atoms with Crippen LogP contribution in [-0.4, -0.2) is 62.6 Å². The van der Waals surface area contributed by atoms with Gasteiger partial charge in [0.2, 0.25) is 5.91 Å². The Kier molecular flexibility index (Phi) is 8.04. The molecular weight excluding hydrogens is 374 g/mol. The van der Waals surface area contributed by atoms with Gasteiger partial charge in [-0.1, -0.05) is 60.7 Å². The van der Waals surface area contributed by atoms with Crippen molar-refractivity contribution in [3.63, 3.8) is 0 Å². The first-order valence-corrected chi connectivity index (χ1v) is 9.34. The molecule has 0 aliphatic carbocycles. The Balaban J connectivity index is 2.29. The van der Waals surface area contributed by atoms with E-state index < -0.39 is 35.9 Å². The molecule has 0 bridgehead atoms. The van der Waals surface area contributed by atoms with E-state index in [1.807, 2.05) is 6.07 Å². The van der Waals surface area contributed by atoms with Gasteiger partial charge in [-0.25, -0.2) is 0 Å². The summed E-state index contributed by atoms with van der Waals surface area (Å²) in [5, 5.41) is 45.3. The van der Waals surface area contributed by atoms with Crippen LogP contribution in [-0.2, 0) is 22.4 Å². The molecule has 156 valence electrons. The highest BCUT2D eigenvalue weighted by atomic mass is 16.4. The van der Waals surface area contributed by atoms with Gasteiger partial charge in [-0.05, 0) is 11.1 Å². The first kappa shape index (κ1) is 22.7. The minimum absolute atomic E-state index is 0.0341. The summed E-state index contributed by atoms with van der Waals surface area (Å²) in [4.78, 5) is 23.1. The van der Waals surface area contributed by atoms with E-state index in [4.69, 9.17) is 0 Å². The Morgan fingerprint density at radius 2 is 1.52 bits per heavy atom. The Labute approximate surface area is 169 Å². The fourth-order valence-corrected chi connectivity index (χ4v) is 3.30. The first-order valence-electron chi connectivity index (χ1n) is 9.34. The van der Waals surface area contributed by atoms with Crippen molar-refractivity contribution in [1.29, 1.82) is 0 Å². The molecule has 0 radical (unpaired) electrons. The van der Waals surface area contributed by atoms with Crippen LogP contribution >= 0.6 is 0 Å². The minimum Gasteiger partial charge on any atom is -0.390 e. The van der Waals surface area contributed by atoms with Gasteiger partial charge in [0.15, 0.2) is 0 Å². The summed E-state index contributed by atoms with van der Waals surface area (Å²) in [6.07, 6.45) is -4.97. The van der Waals surface area contributed by atoms with E-state index in [2.05, 4.69) is 5.32 Å². The molecule has 5 atom stereocenters. The number of nitrogens with one attached hydrogen (secondary N) is 1. The number of carbonyl (C=O) groups excluding carboxylic acids is 2. The normalized spacial score (nSPS) is 17.4. The second-order valence-electron chi connectivity index (χ2n) is 7.16. The average Bonchev–Trinajstić information content (AvgIpc) is 2.72. The van der Waals surface area contributed by atoms with Gasteiger partial charge in [-0.15, -0.1) is 0 Å². The molecule has 0 aliphatic heterocycles. The van der Waals surface area contributed by atoms with Crippen molar-refractivity contribution in [2.24, 2.45) is 0 Å².